The summed E-state index contributed by atoms with van der Waals surface area (Å²) in [4.78, 5) is 27.8. The first-order valence-electron chi connectivity index (χ1n) is 11.8. The average Bonchev–Trinajstić information content (AvgIpc) is 2.87. The van der Waals surface area contributed by atoms with Gasteiger partial charge in [0, 0.05) is 13.6 Å². The molecule has 0 saturated heterocycles. The summed E-state index contributed by atoms with van der Waals surface area (Å²) >= 11 is 0. The molecule has 0 fully saturated rings. The van der Waals surface area contributed by atoms with E-state index in [1.54, 1.807) is 37.3 Å². The molecule has 0 unspecified atom stereocenters. The molecular weight excluding hydrogens is 474 g/mol. The Morgan fingerprint density at radius 3 is 2.11 bits per heavy atom. The predicted molar refractivity (Wildman–Crippen MR) is 142 cm³/mol. The van der Waals surface area contributed by atoms with Crippen molar-refractivity contribution in [2.45, 2.75) is 45.2 Å². The minimum atomic E-state index is -4.06. The van der Waals surface area contributed by atoms with Crippen LogP contribution in [0.25, 0.3) is 0 Å². The number of nitrogens with zero attached hydrogens (tertiary/aromatic N) is 2. The van der Waals surface area contributed by atoms with Crippen molar-refractivity contribution in [1.29, 1.82) is 0 Å². The Morgan fingerprint density at radius 2 is 1.50 bits per heavy atom. The van der Waals surface area contributed by atoms with Gasteiger partial charge in [0.2, 0.25) is 11.8 Å². The molecule has 0 aliphatic heterocycles. The standard InChI is InChI=1S/C28H33N3O4S/c1-20-15-16-25(17-22(20)3)31(36(34,35)26-13-7-6-8-14-26)19-27(32)30(23(4)28(33)29-5)18-24-12-10-9-11-21(24)2/h6-17,23H,18-19H2,1-5H3,(H,29,33)/t23-/m0/s1. The van der Waals surface area contributed by atoms with E-state index in [1.165, 1.54) is 24.1 Å². The summed E-state index contributed by atoms with van der Waals surface area (Å²) in [6.07, 6.45) is 0. The monoisotopic (exact) mass is 507 g/mol. The molecule has 0 aromatic heterocycles. The molecule has 3 aromatic rings. The van der Waals surface area contributed by atoms with E-state index in [9.17, 15) is 18.0 Å². The van der Waals surface area contributed by atoms with Crippen LogP contribution in [0.15, 0.2) is 77.7 Å². The van der Waals surface area contributed by atoms with Gasteiger partial charge in [-0.2, -0.15) is 0 Å². The summed E-state index contributed by atoms with van der Waals surface area (Å²) in [5, 5.41) is 2.59. The Hall–Kier alpha value is -3.65. The van der Waals surface area contributed by atoms with Crippen molar-refractivity contribution in [2.24, 2.45) is 0 Å². The number of sulfonamides is 1. The first-order chi connectivity index (χ1) is 17.1. The molecule has 3 rings (SSSR count). The van der Waals surface area contributed by atoms with E-state index in [0.717, 1.165) is 26.6 Å². The summed E-state index contributed by atoms with van der Waals surface area (Å²) in [6.45, 7) is 7.13. The van der Waals surface area contributed by atoms with E-state index in [-0.39, 0.29) is 17.3 Å². The number of hydrogen-bond acceptors (Lipinski definition) is 4. The van der Waals surface area contributed by atoms with Crippen molar-refractivity contribution in [3.63, 3.8) is 0 Å². The van der Waals surface area contributed by atoms with Crippen LogP contribution in [-0.4, -0.2) is 44.8 Å². The molecule has 0 heterocycles. The lowest BCUT2D eigenvalue weighted by molar-refractivity contribution is -0.139. The number of aryl methyl sites for hydroxylation is 3. The number of likely N-dealkylation sites (N-methyl/N-ethyl adjacent to an activating group) is 1. The average molecular weight is 508 g/mol. The molecule has 36 heavy (non-hydrogen) atoms. The number of hydrogen-bond donors (Lipinski definition) is 1. The molecular formula is C28H33N3O4S. The van der Waals surface area contributed by atoms with Gasteiger partial charge in [0.05, 0.1) is 10.6 Å². The summed E-state index contributed by atoms with van der Waals surface area (Å²) in [5.74, 6) is -0.812. The third-order valence-corrected chi connectivity index (χ3v) is 8.19. The molecule has 0 aliphatic rings. The minimum Gasteiger partial charge on any atom is -0.357 e. The van der Waals surface area contributed by atoms with Gasteiger partial charge in [-0.05, 0) is 74.2 Å². The predicted octanol–water partition coefficient (Wildman–Crippen LogP) is 3.97. The molecule has 0 spiro atoms. The lowest BCUT2D eigenvalue weighted by atomic mass is 10.1. The van der Waals surface area contributed by atoms with Crippen LogP contribution in [0.1, 0.15) is 29.2 Å². The van der Waals surface area contributed by atoms with E-state index in [2.05, 4.69) is 5.32 Å². The SMILES string of the molecule is CNC(=O)[C@H](C)N(Cc1ccccc1C)C(=O)CN(c1ccc(C)c(C)c1)S(=O)(=O)c1ccccc1. The zero-order valence-corrected chi connectivity index (χ0v) is 22.2. The number of nitrogens with one attached hydrogen (secondary N) is 1. The fourth-order valence-electron chi connectivity index (χ4n) is 3.89. The number of carbonyl (C=O) groups is 2. The van der Waals surface area contributed by atoms with Gasteiger partial charge in [-0.1, -0.05) is 48.5 Å². The van der Waals surface area contributed by atoms with Gasteiger partial charge in [-0.25, -0.2) is 8.42 Å². The third-order valence-electron chi connectivity index (χ3n) is 6.40. The molecule has 2 amide bonds. The molecule has 190 valence electrons. The fraction of sp³-hybridized carbons (Fsp3) is 0.286. The van der Waals surface area contributed by atoms with Crippen LogP contribution >= 0.6 is 0 Å². The zero-order valence-electron chi connectivity index (χ0n) is 21.4. The topological polar surface area (TPSA) is 86.8 Å². The Bertz CT molecular complexity index is 1340. The molecule has 3 aromatic carbocycles. The van der Waals surface area contributed by atoms with Crippen molar-refractivity contribution in [1.82, 2.24) is 10.2 Å². The van der Waals surface area contributed by atoms with E-state index in [4.69, 9.17) is 0 Å². The Kier molecular flexibility index (Phi) is 8.53. The lowest BCUT2D eigenvalue weighted by Crippen LogP contribution is -2.50. The molecule has 0 bridgehead atoms. The number of anilines is 1. The van der Waals surface area contributed by atoms with Gasteiger partial charge in [0.1, 0.15) is 12.6 Å². The molecule has 1 atom stereocenters. The quantitative estimate of drug-likeness (QED) is 0.475. The van der Waals surface area contributed by atoms with E-state index in [0.29, 0.717) is 5.69 Å². The van der Waals surface area contributed by atoms with E-state index >= 15 is 0 Å². The second-order valence-electron chi connectivity index (χ2n) is 8.83. The van der Waals surface area contributed by atoms with Gasteiger partial charge < -0.3 is 10.2 Å². The summed E-state index contributed by atoms with van der Waals surface area (Å²) in [5.41, 5.74) is 4.16. The highest BCUT2D eigenvalue weighted by Gasteiger charge is 2.32. The number of carbonyl (C=O) groups excluding carboxylic acids is 2. The molecule has 0 radical (unpaired) electrons. The summed E-state index contributed by atoms with van der Waals surface area (Å²) < 4.78 is 28.6. The van der Waals surface area contributed by atoms with Crippen LogP contribution in [-0.2, 0) is 26.2 Å². The number of amides is 2. The smallest absolute Gasteiger partial charge is 0.264 e. The van der Waals surface area contributed by atoms with Crippen LogP contribution in [0.3, 0.4) is 0 Å². The Balaban J connectivity index is 2.06. The molecule has 1 N–H and O–H groups in total. The zero-order chi connectivity index (χ0) is 26.5. The summed E-state index contributed by atoms with van der Waals surface area (Å²) in [7, 11) is -2.55. The van der Waals surface area contributed by atoms with E-state index in [1.807, 2.05) is 51.1 Å². The second kappa shape index (κ2) is 11.4. The molecule has 0 saturated carbocycles. The maximum atomic E-state index is 13.8. The van der Waals surface area contributed by atoms with Gasteiger partial charge in [0.25, 0.3) is 10.0 Å². The van der Waals surface area contributed by atoms with Crippen LogP contribution in [0, 0.1) is 20.8 Å². The second-order valence-corrected chi connectivity index (χ2v) is 10.7. The summed E-state index contributed by atoms with van der Waals surface area (Å²) in [6, 6.07) is 20.1. The largest absolute Gasteiger partial charge is 0.357 e. The van der Waals surface area contributed by atoms with Crippen molar-refractivity contribution in [3.8, 4) is 0 Å². The van der Waals surface area contributed by atoms with Gasteiger partial charge >= 0.3 is 0 Å². The van der Waals surface area contributed by atoms with Crippen molar-refractivity contribution in [3.05, 3.63) is 95.1 Å². The molecule has 0 aliphatic carbocycles. The first kappa shape index (κ1) is 26.9. The fourth-order valence-corrected chi connectivity index (χ4v) is 5.32. The highest BCUT2D eigenvalue weighted by atomic mass is 32.2. The number of benzene rings is 3. The van der Waals surface area contributed by atoms with Crippen LogP contribution in [0.4, 0.5) is 5.69 Å². The molecule has 7 nitrogen and oxygen atoms in total. The Morgan fingerprint density at radius 1 is 0.861 bits per heavy atom. The van der Waals surface area contributed by atoms with Gasteiger partial charge in [0.15, 0.2) is 0 Å². The third kappa shape index (κ3) is 5.94. The van der Waals surface area contributed by atoms with E-state index < -0.39 is 28.5 Å². The van der Waals surface area contributed by atoms with Crippen LogP contribution < -0.4 is 9.62 Å². The van der Waals surface area contributed by atoms with Gasteiger partial charge in [-0.15, -0.1) is 0 Å². The van der Waals surface area contributed by atoms with Crippen molar-refractivity contribution >= 4 is 27.5 Å². The lowest BCUT2D eigenvalue weighted by Gasteiger charge is -2.32. The van der Waals surface area contributed by atoms with Gasteiger partial charge in [-0.3, -0.25) is 13.9 Å². The van der Waals surface area contributed by atoms with Crippen molar-refractivity contribution in [2.75, 3.05) is 17.9 Å². The van der Waals surface area contributed by atoms with Crippen molar-refractivity contribution < 1.29 is 18.0 Å². The highest BCUT2D eigenvalue weighted by Crippen LogP contribution is 2.26. The minimum absolute atomic E-state index is 0.0841. The number of rotatable bonds is 9. The maximum absolute atomic E-state index is 13.8. The van der Waals surface area contributed by atoms with Crippen LogP contribution in [0.2, 0.25) is 0 Å². The molecule has 8 heteroatoms. The van der Waals surface area contributed by atoms with Crippen LogP contribution in [0.5, 0.6) is 0 Å². The normalized spacial score (nSPS) is 12.0. The maximum Gasteiger partial charge on any atom is 0.264 e. The Labute approximate surface area is 213 Å². The first-order valence-corrected chi connectivity index (χ1v) is 13.2. The highest BCUT2D eigenvalue weighted by molar-refractivity contribution is 7.92.